The Bertz CT molecular complexity index is 1170. The van der Waals surface area contributed by atoms with Crippen molar-refractivity contribution >= 4 is 28.6 Å². The highest BCUT2D eigenvalue weighted by Gasteiger charge is 2.51. The van der Waals surface area contributed by atoms with Gasteiger partial charge in [-0.3, -0.25) is 14.3 Å². The Morgan fingerprint density at radius 3 is 2.77 bits per heavy atom. The van der Waals surface area contributed by atoms with Gasteiger partial charge in [-0.1, -0.05) is 41.9 Å². The first-order valence-corrected chi connectivity index (χ1v) is 10.8. The van der Waals surface area contributed by atoms with Gasteiger partial charge >= 0.3 is 5.76 Å². The minimum atomic E-state index is -0.555. The molecule has 31 heavy (non-hydrogen) atoms. The maximum atomic E-state index is 12.8. The number of ether oxygens (including phenoxy) is 1. The maximum Gasteiger partial charge on any atom is 0.420 e. The predicted octanol–water partition coefficient (Wildman–Crippen LogP) is 2.75. The minimum Gasteiger partial charge on any atom is -0.408 e. The van der Waals surface area contributed by atoms with E-state index in [4.69, 9.17) is 20.8 Å². The van der Waals surface area contributed by atoms with Crippen molar-refractivity contribution in [3.63, 3.8) is 0 Å². The van der Waals surface area contributed by atoms with Gasteiger partial charge in [-0.05, 0) is 31.2 Å². The van der Waals surface area contributed by atoms with Crippen molar-refractivity contribution in [1.82, 2.24) is 14.4 Å². The van der Waals surface area contributed by atoms with Crippen LogP contribution in [0, 0.1) is 0 Å². The van der Waals surface area contributed by atoms with Crippen LogP contribution in [0.15, 0.2) is 57.7 Å². The van der Waals surface area contributed by atoms with Crippen LogP contribution in [0.5, 0.6) is 0 Å². The lowest BCUT2D eigenvalue weighted by Gasteiger charge is -2.47. The second-order valence-electron chi connectivity index (χ2n) is 8.57. The van der Waals surface area contributed by atoms with Gasteiger partial charge in [0.1, 0.15) is 12.1 Å². The van der Waals surface area contributed by atoms with Crippen molar-refractivity contribution in [3.8, 4) is 0 Å². The number of likely N-dealkylation sites (tertiary alicyclic amines) is 1. The summed E-state index contributed by atoms with van der Waals surface area (Å²) in [6.07, 6.45) is 0.896. The van der Waals surface area contributed by atoms with Gasteiger partial charge in [0.2, 0.25) is 5.91 Å². The molecule has 0 bridgehead atoms. The van der Waals surface area contributed by atoms with E-state index in [0.29, 0.717) is 41.9 Å². The molecule has 3 aromatic rings. The van der Waals surface area contributed by atoms with E-state index < -0.39 is 5.76 Å². The van der Waals surface area contributed by atoms with E-state index in [-0.39, 0.29) is 18.1 Å². The smallest absolute Gasteiger partial charge is 0.408 e. The van der Waals surface area contributed by atoms with Gasteiger partial charge in [-0.2, -0.15) is 0 Å². The maximum absolute atomic E-state index is 12.8. The van der Waals surface area contributed by atoms with Crippen LogP contribution in [0.4, 0.5) is 0 Å². The molecule has 0 radical (unpaired) electrons. The SMILES string of the molecule is CN(Cc1ccccc1)C1COC2(C1)CN(C(=O)Cn1c(=O)oc3cc(Cl)ccc31)C2. The van der Waals surface area contributed by atoms with Crippen molar-refractivity contribution in [3.05, 3.63) is 69.7 Å². The van der Waals surface area contributed by atoms with Crippen LogP contribution in [-0.4, -0.2) is 58.7 Å². The number of fused-ring (bicyclic) bond motifs is 1. The summed E-state index contributed by atoms with van der Waals surface area (Å²) in [6.45, 7) is 2.59. The number of aromatic nitrogens is 1. The largest absolute Gasteiger partial charge is 0.420 e. The van der Waals surface area contributed by atoms with Crippen LogP contribution in [0.1, 0.15) is 12.0 Å². The standard InChI is InChI=1S/C23H24ClN3O4/c1-25(11-16-5-3-2-4-6-16)18-10-23(30-13-18)14-26(15-23)21(28)12-27-19-8-7-17(24)9-20(19)31-22(27)29/h2-9,18H,10-15H2,1H3. The summed E-state index contributed by atoms with van der Waals surface area (Å²) in [6, 6.07) is 15.6. The van der Waals surface area contributed by atoms with Crippen molar-refractivity contribution in [2.75, 3.05) is 26.7 Å². The summed E-state index contributed by atoms with van der Waals surface area (Å²) in [5, 5.41) is 0.481. The van der Waals surface area contributed by atoms with E-state index in [0.717, 1.165) is 13.0 Å². The summed E-state index contributed by atoms with van der Waals surface area (Å²) in [5.41, 5.74) is 1.95. The number of hydrogen-bond donors (Lipinski definition) is 0. The summed E-state index contributed by atoms with van der Waals surface area (Å²) in [5.74, 6) is -0.671. The van der Waals surface area contributed by atoms with Gasteiger partial charge in [0.25, 0.3) is 0 Å². The van der Waals surface area contributed by atoms with Gasteiger partial charge in [0, 0.05) is 23.7 Å². The zero-order valence-corrected chi connectivity index (χ0v) is 18.0. The fraction of sp³-hybridized carbons (Fsp3) is 0.391. The van der Waals surface area contributed by atoms with Crippen molar-refractivity contribution in [2.45, 2.75) is 31.2 Å². The lowest BCUT2D eigenvalue weighted by Crippen LogP contribution is -2.64. The molecule has 2 fully saturated rings. The van der Waals surface area contributed by atoms with E-state index in [1.807, 2.05) is 18.2 Å². The average Bonchev–Trinajstić information content (AvgIpc) is 3.29. The second kappa shape index (κ2) is 7.82. The van der Waals surface area contributed by atoms with Crippen LogP contribution in [-0.2, 0) is 22.6 Å². The third-order valence-corrected chi connectivity index (χ3v) is 6.56. The van der Waals surface area contributed by atoms with E-state index in [9.17, 15) is 9.59 Å². The zero-order valence-electron chi connectivity index (χ0n) is 17.3. The molecule has 1 amide bonds. The van der Waals surface area contributed by atoms with Crippen LogP contribution in [0.3, 0.4) is 0 Å². The lowest BCUT2D eigenvalue weighted by molar-refractivity contribution is -0.158. The third-order valence-electron chi connectivity index (χ3n) is 6.32. The Balaban J connectivity index is 1.19. The summed E-state index contributed by atoms with van der Waals surface area (Å²) >= 11 is 5.95. The Morgan fingerprint density at radius 2 is 2.00 bits per heavy atom. The number of oxazole rings is 1. The number of likely N-dealkylation sites (N-methyl/N-ethyl adjacent to an activating group) is 1. The normalized spacial score (nSPS) is 20.0. The Hall–Kier alpha value is -2.61. The number of benzene rings is 2. The first-order valence-electron chi connectivity index (χ1n) is 10.4. The summed E-state index contributed by atoms with van der Waals surface area (Å²) < 4.78 is 12.7. The summed E-state index contributed by atoms with van der Waals surface area (Å²) in [7, 11) is 2.12. The third kappa shape index (κ3) is 3.89. The van der Waals surface area contributed by atoms with Crippen LogP contribution < -0.4 is 5.76 Å². The monoisotopic (exact) mass is 441 g/mol. The lowest BCUT2D eigenvalue weighted by atomic mass is 9.89. The Labute approximate surface area is 184 Å². The van der Waals surface area contributed by atoms with E-state index >= 15 is 0 Å². The topological polar surface area (TPSA) is 67.9 Å². The quantitative estimate of drug-likeness (QED) is 0.609. The molecule has 0 aliphatic carbocycles. The molecule has 5 rings (SSSR count). The fourth-order valence-electron chi connectivity index (χ4n) is 4.58. The molecule has 162 valence electrons. The van der Waals surface area contributed by atoms with Gasteiger partial charge in [-0.15, -0.1) is 0 Å². The number of rotatable bonds is 5. The van der Waals surface area contributed by atoms with Crippen LogP contribution >= 0.6 is 11.6 Å². The van der Waals surface area contributed by atoms with Gasteiger partial charge in [0.05, 0.1) is 25.2 Å². The molecule has 3 heterocycles. The van der Waals surface area contributed by atoms with Gasteiger partial charge in [-0.25, -0.2) is 4.79 Å². The second-order valence-corrected chi connectivity index (χ2v) is 9.01. The molecule has 1 unspecified atom stereocenters. The molecule has 2 aliphatic heterocycles. The highest BCUT2D eigenvalue weighted by molar-refractivity contribution is 6.31. The molecule has 1 spiro atoms. The van der Waals surface area contributed by atoms with Crippen molar-refractivity contribution in [1.29, 1.82) is 0 Å². The molecule has 7 nitrogen and oxygen atoms in total. The molecule has 1 atom stereocenters. The van der Waals surface area contributed by atoms with Gasteiger partial charge < -0.3 is 14.1 Å². The number of halogens is 1. The Morgan fingerprint density at radius 1 is 1.23 bits per heavy atom. The van der Waals surface area contributed by atoms with Gasteiger partial charge in [0.15, 0.2) is 5.58 Å². The van der Waals surface area contributed by atoms with Crippen LogP contribution in [0.25, 0.3) is 11.1 Å². The highest BCUT2D eigenvalue weighted by atomic mass is 35.5. The van der Waals surface area contributed by atoms with E-state index in [1.54, 1.807) is 23.1 Å². The fourth-order valence-corrected chi connectivity index (χ4v) is 4.74. The number of carbonyl (C=O) groups excluding carboxylic acids is 1. The van der Waals surface area contributed by atoms with Crippen LogP contribution in [0.2, 0.25) is 5.02 Å². The molecular weight excluding hydrogens is 418 g/mol. The van der Waals surface area contributed by atoms with Crippen molar-refractivity contribution < 1.29 is 13.9 Å². The van der Waals surface area contributed by atoms with E-state index in [1.165, 1.54) is 10.1 Å². The minimum absolute atomic E-state index is 0.0547. The summed E-state index contributed by atoms with van der Waals surface area (Å²) in [4.78, 5) is 29.0. The molecule has 8 heteroatoms. The predicted molar refractivity (Wildman–Crippen MR) is 117 cm³/mol. The van der Waals surface area contributed by atoms with Crippen molar-refractivity contribution in [2.24, 2.45) is 0 Å². The molecule has 0 saturated carbocycles. The average molecular weight is 442 g/mol. The molecule has 2 aliphatic rings. The molecule has 0 N–H and O–H groups in total. The number of amides is 1. The first kappa shape index (κ1) is 20.3. The molecule has 2 saturated heterocycles. The first-order chi connectivity index (χ1) is 14.9. The highest BCUT2D eigenvalue weighted by Crippen LogP contribution is 2.37. The molecule has 1 aromatic heterocycles. The number of carbonyl (C=O) groups is 1. The zero-order chi connectivity index (χ0) is 21.6. The number of hydrogen-bond acceptors (Lipinski definition) is 5. The Kier molecular flexibility index (Phi) is 5.12. The number of nitrogens with zero attached hydrogens (tertiary/aromatic N) is 3. The molecular formula is C23H24ClN3O4. The molecule has 2 aromatic carbocycles. The van der Waals surface area contributed by atoms with E-state index in [2.05, 4.69) is 24.1 Å².